The van der Waals surface area contributed by atoms with E-state index in [4.69, 9.17) is 4.43 Å². The van der Waals surface area contributed by atoms with Crippen LogP contribution in [0.3, 0.4) is 0 Å². The van der Waals surface area contributed by atoms with Crippen LogP contribution in [0.25, 0.3) is 0 Å². The molecule has 3 nitrogen and oxygen atoms in total. The van der Waals surface area contributed by atoms with E-state index in [-0.39, 0.29) is 24.8 Å². The van der Waals surface area contributed by atoms with E-state index in [9.17, 15) is 0 Å². The Morgan fingerprint density at radius 2 is 1.62 bits per heavy atom. The number of nitrogens with one attached hydrogen (secondary N) is 1. The van der Waals surface area contributed by atoms with E-state index in [0.29, 0.717) is 6.04 Å². The fourth-order valence-electron chi connectivity index (χ4n) is 3.58. The molecule has 0 radical (unpaired) electrons. The second kappa shape index (κ2) is 9.44. The molecule has 1 saturated carbocycles. The minimum absolute atomic E-state index is 0. The molecule has 1 heterocycles. The van der Waals surface area contributed by atoms with Gasteiger partial charge in [0.05, 0.1) is 0 Å². The second-order valence-electron chi connectivity index (χ2n) is 7.71. The van der Waals surface area contributed by atoms with Gasteiger partial charge in [0.2, 0.25) is 8.32 Å². The molecule has 1 aliphatic carbocycles. The van der Waals surface area contributed by atoms with Crippen molar-refractivity contribution in [1.29, 1.82) is 0 Å². The van der Waals surface area contributed by atoms with Crippen molar-refractivity contribution in [1.82, 2.24) is 10.2 Å². The van der Waals surface area contributed by atoms with Gasteiger partial charge in [-0.25, -0.2) is 0 Å². The Labute approximate surface area is 160 Å². The molecule has 2 fully saturated rings. The fraction of sp³-hybridized carbons (Fsp3) is 0.667. The van der Waals surface area contributed by atoms with Crippen LogP contribution in [-0.4, -0.2) is 39.4 Å². The third-order valence-electron chi connectivity index (χ3n) is 4.79. The number of benzene rings is 1. The molecular formula is C18H32Cl2N2OSi. The topological polar surface area (TPSA) is 24.5 Å². The van der Waals surface area contributed by atoms with Crippen molar-refractivity contribution in [3.63, 3.8) is 0 Å². The van der Waals surface area contributed by atoms with Gasteiger partial charge < -0.3 is 9.74 Å². The summed E-state index contributed by atoms with van der Waals surface area (Å²) >= 11 is 0. The summed E-state index contributed by atoms with van der Waals surface area (Å²) in [5.74, 6) is 1.89. The van der Waals surface area contributed by atoms with Gasteiger partial charge in [-0.05, 0) is 56.1 Å². The summed E-state index contributed by atoms with van der Waals surface area (Å²) in [4.78, 5) is 2.69. The minimum Gasteiger partial charge on any atom is -0.544 e. The maximum atomic E-state index is 6.10. The van der Waals surface area contributed by atoms with E-state index >= 15 is 0 Å². The number of halogens is 2. The van der Waals surface area contributed by atoms with Crippen molar-refractivity contribution in [3.8, 4) is 5.75 Å². The quantitative estimate of drug-likeness (QED) is 0.749. The van der Waals surface area contributed by atoms with Crippen LogP contribution < -0.4 is 9.74 Å². The smallest absolute Gasteiger partial charge is 0.242 e. The molecule has 6 heteroatoms. The molecule has 1 saturated heterocycles. The number of nitrogens with zero attached hydrogens (tertiary/aromatic N) is 1. The minimum atomic E-state index is -1.51. The molecule has 24 heavy (non-hydrogen) atoms. The van der Waals surface area contributed by atoms with Gasteiger partial charge >= 0.3 is 0 Å². The summed E-state index contributed by atoms with van der Waals surface area (Å²) in [6.45, 7) is 11.3. The van der Waals surface area contributed by atoms with Crippen LogP contribution in [-0.2, 0) is 0 Å². The van der Waals surface area contributed by atoms with Crippen molar-refractivity contribution < 1.29 is 4.43 Å². The van der Waals surface area contributed by atoms with E-state index in [0.717, 1.165) is 24.8 Å². The second-order valence-corrected chi connectivity index (χ2v) is 12.1. The Morgan fingerprint density at radius 1 is 1.04 bits per heavy atom. The molecule has 0 amide bonds. The summed E-state index contributed by atoms with van der Waals surface area (Å²) in [5.41, 5.74) is 1.48. The third-order valence-corrected chi connectivity index (χ3v) is 5.64. The van der Waals surface area contributed by atoms with Crippen molar-refractivity contribution >= 4 is 33.1 Å². The largest absolute Gasteiger partial charge is 0.544 e. The van der Waals surface area contributed by atoms with E-state index in [2.05, 4.69) is 54.1 Å². The average molecular weight is 391 g/mol. The molecule has 1 aromatic carbocycles. The van der Waals surface area contributed by atoms with Gasteiger partial charge in [-0.3, -0.25) is 4.90 Å². The zero-order valence-electron chi connectivity index (χ0n) is 15.1. The Kier molecular flexibility index (Phi) is 8.57. The Bertz CT molecular complexity index is 483. The van der Waals surface area contributed by atoms with E-state index in [1.165, 1.54) is 37.9 Å². The Hall–Kier alpha value is -0.263. The molecule has 1 N–H and O–H groups in total. The highest BCUT2D eigenvalue weighted by atomic mass is 35.5. The van der Waals surface area contributed by atoms with Crippen LogP contribution in [0.5, 0.6) is 5.75 Å². The zero-order valence-corrected chi connectivity index (χ0v) is 17.7. The molecule has 0 aromatic heterocycles. The first-order valence-electron chi connectivity index (χ1n) is 8.77. The third kappa shape index (κ3) is 5.63. The van der Waals surface area contributed by atoms with Gasteiger partial charge in [0.25, 0.3) is 0 Å². The zero-order chi connectivity index (χ0) is 15.6. The maximum absolute atomic E-state index is 6.10. The van der Waals surface area contributed by atoms with Gasteiger partial charge in [0.1, 0.15) is 5.75 Å². The molecule has 0 unspecified atom stereocenters. The van der Waals surface area contributed by atoms with Crippen LogP contribution in [0.1, 0.15) is 30.9 Å². The predicted octanol–water partition coefficient (Wildman–Crippen LogP) is 4.49. The average Bonchev–Trinajstić information content (AvgIpc) is 2.43. The highest BCUT2D eigenvalue weighted by Crippen LogP contribution is 2.41. The molecule has 0 spiro atoms. The normalized spacial score (nSPS) is 20.3. The van der Waals surface area contributed by atoms with Crippen molar-refractivity contribution in [2.75, 3.05) is 26.2 Å². The first kappa shape index (κ1) is 21.8. The molecule has 1 aromatic rings. The lowest BCUT2D eigenvalue weighted by atomic mass is 9.76. The van der Waals surface area contributed by atoms with Crippen LogP contribution in [0.4, 0.5) is 0 Å². The summed E-state index contributed by atoms with van der Waals surface area (Å²) in [5, 5.41) is 3.47. The predicted molar refractivity (Wildman–Crippen MR) is 109 cm³/mol. The van der Waals surface area contributed by atoms with E-state index in [1.807, 2.05) is 0 Å². The van der Waals surface area contributed by atoms with Crippen LogP contribution >= 0.6 is 24.8 Å². The monoisotopic (exact) mass is 390 g/mol. The molecule has 1 atom stereocenters. The van der Waals surface area contributed by atoms with Gasteiger partial charge in [0, 0.05) is 32.2 Å². The van der Waals surface area contributed by atoms with Crippen molar-refractivity contribution in [2.45, 2.75) is 44.9 Å². The van der Waals surface area contributed by atoms with Gasteiger partial charge in [-0.15, -0.1) is 24.8 Å². The lowest BCUT2D eigenvalue weighted by molar-refractivity contribution is 0.0837. The Balaban J connectivity index is 0.00000144. The van der Waals surface area contributed by atoms with Crippen molar-refractivity contribution in [3.05, 3.63) is 29.8 Å². The maximum Gasteiger partial charge on any atom is 0.242 e. The molecule has 138 valence electrons. The van der Waals surface area contributed by atoms with E-state index in [1.54, 1.807) is 0 Å². The number of rotatable bonds is 5. The molecule has 0 bridgehead atoms. The highest BCUT2D eigenvalue weighted by Gasteiger charge is 2.33. The SMILES string of the molecule is C[Si](C)(C)Oc1ccc([C@@H](C2CCC2)N2CCNCC2)cc1.Cl.Cl. The van der Waals surface area contributed by atoms with Crippen LogP contribution in [0, 0.1) is 5.92 Å². The first-order valence-corrected chi connectivity index (χ1v) is 12.2. The van der Waals surface area contributed by atoms with Gasteiger partial charge in [0.15, 0.2) is 0 Å². The van der Waals surface area contributed by atoms with Crippen LogP contribution in [0.15, 0.2) is 24.3 Å². The van der Waals surface area contributed by atoms with Gasteiger partial charge in [-0.2, -0.15) is 0 Å². The molecule has 3 rings (SSSR count). The van der Waals surface area contributed by atoms with Gasteiger partial charge in [-0.1, -0.05) is 18.6 Å². The highest BCUT2D eigenvalue weighted by molar-refractivity contribution is 6.70. The first-order chi connectivity index (χ1) is 10.5. The molecule has 2 aliphatic rings. The number of hydrogen-bond acceptors (Lipinski definition) is 3. The van der Waals surface area contributed by atoms with E-state index < -0.39 is 8.32 Å². The summed E-state index contributed by atoms with van der Waals surface area (Å²) in [7, 11) is -1.51. The fourth-order valence-corrected chi connectivity index (χ4v) is 4.43. The molecule has 1 aliphatic heterocycles. The van der Waals surface area contributed by atoms with Crippen molar-refractivity contribution in [2.24, 2.45) is 5.92 Å². The summed E-state index contributed by atoms with van der Waals surface area (Å²) in [6.07, 6.45) is 4.19. The lowest BCUT2D eigenvalue weighted by Gasteiger charge is -2.43. The molecular weight excluding hydrogens is 359 g/mol. The number of piperazine rings is 1. The van der Waals surface area contributed by atoms with Crippen LogP contribution in [0.2, 0.25) is 19.6 Å². The summed E-state index contributed by atoms with van der Waals surface area (Å²) < 4.78 is 6.10. The lowest BCUT2D eigenvalue weighted by Crippen LogP contribution is -2.47. The summed E-state index contributed by atoms with van der Waals surface area (Å²) in [6, 6.07) is 9.58. The standard InChI is InChI=1S/C18H30N2OSi.2ClH/c1-22(2,3)21-17-9-7-16(8-10-17)18(15-5-4-6-15)20-13-11-19-12-14-20;;/h7-10,15,18-19H,4-6,11-14H2,1-3H3;2*1H/t18-;;/m1../s1. The Morgan fingerprint density at radius 3 is 2.08 bits per heavy atom. The number of hydrogen-bond donors (Lipinski definition) is 1.